The lowest BCUT2D eigenvalue weighted by Gasteiger charge is -2.16. The fourth-order valence-electron chi connectivity index (χ4n) is 2.09. The first kappa shape index (κ1) is 19.5. The molecule has 0 saturated carbocycles. The van der Waals surface area contributed by atoms with Gasteiger partial charge in [0, 0.05) is 11.9 Å². The summed E-state index contributed by atoms with van der Waals surface area (Å²) in [7, 11) is -2.35. The number of carbonyl (C=O) groups is 1. The van der Waals surface area contributed by atoms with Gasteiger partial charge in [-0.15, -0.1) is 11.8 Å². The minimum Gasteiger partial charge on any atom is -0.460 e. The van der Waals surface area contributed by atoms with Crippen LogP contribution in [-0.2, 0) is 26.2 Å². The van der Waals surface area contributed by atoms with Crippen LogP contribution in [0.1, 0.15) is 11.1 Å². The quantitative estimate of drug-likeness (QED) is 0.546. The number of hydrogen-bond acceptors (Lipinski definition) is 5. The van der Waals surface area contributed by atoms with Crippen LogP contribution < -0.4 is 0 Å². The highest BCUT2D eigenvalue weighted by Gasteiger charge is 2.23. The second-order valence-corrected chi connectivity index (χ2v) is 8.51. The molecule has 2 rings (SSSR count). The van der Waals surface area contributed by atoms with Gasteiger partial charge in [0.15, 0.2) is 0 Å². The molecule has 0 atom stereocenters. The van der Waals surface area contributed by atoms with Gasteiger partial charge >= 0.3 is 5.97 Å². The molecule has 134 valence electrons. The van der Waals surface area contributed by atoms with Crippen molar-refractivity contribution >= 4 is 27.8 Å². The van der Waals surface area contributed by atoms with E-state index in [-0.39, 0.29) is 18.0 Å². The van der Waals surface area contributed by atoms with E-state index in [0.717, 1.165) is 20.3 Å². The molecule has 7 heteroatoms. The molecule has 2 aromatic rings. The summed E-state index contributed by atoms with van der Waals surface area (Å²) in [6, 6.07) is 14.1. The molecule has 0 aliphatic rings. The van der Waals surface area contributed by atoms with E-state index in [1.54, 1.807) is 23.9 Å². The van der Waals surface area contributed by atoms with Gasteiger partial charge in [-0.2, -0.15) is 4.31 Å². The smallest absolute Gasteiger partial charge is 0.321 e. The lowest BCUT2D eigenvalue weighted by molar-refractivity contribution is -0.144. The number of aryl methyl sites for hydroxylation is 1. The predicted molar refractivity (Wildman–Crippen MR) is 99.0 cm³/mol. The number of benzene rings is 2. The topological polar surface area (TPSA) is 63.7 Å². The minimum absolute atomic E-state index is 0.117. The number of rotatable bonds is 7. The van der Waals surface area contributed by atoms with Crippen LogP contribution in [0.3, 0.4) is 0 Å². The zero-order valence-corrected chi connectivity index (χ0v) is 16.1. The predicted octanol–water partition coefficient (Wildman–Crippen LogP) is 3.08. The van der Waals surface area contributed by atoms with Crippen LogP contribution in [0.5, 0.6) is 0 Å². The van der Waals surface area contributed by atoms with Crippen LogP contribution in [0, 0.1) is 6.92 Å². The fourth-order valence-corrected chi connectivity index (χ4v) is 3.61. The Bertz CT molecular complexity index is 815. The maximum atomic E-state index is 12.4. The van der Waals surface area contributed by atoms with Crippen molar-refractivity contribution in [3.05, 3.63) is 59.7 Å². The van der Waals surface area contributed by atoms with Crippen molar-refractivity contribution in [1.82, 2.24) is 4.31 Å². The summed E-state index contributed by atoms with van der Waals surface area (Å²) in [6.45, 7) is 1.66. The zero-order valence-electron chi connectivity index (χ0n) is 14.4. The van der Waals surface area contributed by atoms with Gasteiger partial charge in [-0.3, -0.25) is 4.79 Å². The summed E-state index contributed by atoms with van der Waals surface area (Å²) in [5.74, 6) is -0.591. The third-order valence-electron chi connectivity index (χ3n) is 3.64. The summed E-state index contributed by atoms with van der Waals surface area (Å²) in [5.41, 5.74) is 1.82. The lowest BCUT2D eigenvalue weighted by Crippen LogP contribution is -2.33. The van der Waals surface area contributed by atoms with Crippen molar-refractivity contribution in [2.24, 2.45) is 0 Å². The molecule has 0 amide bonds. The second-order valence-electron chi connectivity index (χ2n) is 5.58. The highest BCUT2D eigenvalue weighted by atomic mass is 32.2. The number of sulfonamides is 1. The van der Waals surface area contributed by atoms with E-state index in [2.05, 4.69) is 0 Å². The Hall–Kier alpha value is -1.83. The summed E-state index contributed by atoms with van der Waals surface area (Å²) < 4.78 is 31.0. The highest BCUT2D eigenvalue weighted by molar-refractivity contribution is 7.98. The molecule has 25 heavy (non-hydrogen) atoms. The molecular weight excluding hydrogens is 358 g/mol. The third kappa shape index (κ3) is 5.32. The average molecular weight is 380 g/mol. The van der Waals surface area contributed by atoms with Crippen LogP contribution in [0.25, 0.3) is 0 Å². The Balaban J connectivity index is 1.93. The summed E-state index contributed by atoms with van der Waals surface area (Å²) in [4.78, 5) is 13.2. The summed E-state index contributed by atoms with van der Waals surface area (Å²) in [5, 5.41) is 0. The highest BCUT2D eigenvalue weighted by Crippen LogP contribution is 2.16. The molecule has 0 aromatic heterocycles. The van der Waals surface area contributed by atoms with Gasteiger partial charge in [-0.05, 0) is 43.0 Å². The monoisotopic (exact) mass is 379 g/mol. The summed E-state index contributed by atoms with van der Waals surface area (Å²) in [6.07, 6.45) is 1.99. The zero-order chi connectivity index (χ0) is 18.4. The van der Waals surface area contributed by atoms with Gasteiger partial charge in [0.25, 0.3) is 0 Å². The van der Waals surface area contributed by atoms with Crippen molar-refractivity contribution in [1.29, 1.82) is 0 Å². The van der Waals surface area contributed by atoms with E-state index in [9.17, 15) is 13.2 Å². The van der Waals surface area contributed by atoms with Gasteiger partial charge in [0.1, 0.15) is 13.2 Å². The number of carbonyl (C=O) groups excluding carboxylic acids is 1. The Kier molecular flexibility index (Phi) is 6.64. The molecule has 0 unspecified atom stereocenters. The van der Waals surface area contributed by atoms with Crippen molar-refractivity contribution in [3.63, 3.8) is 0 Å². The first-order valence-corrected chi connectivity index (χ1v) is 10.3. The number of likely N-dealkylation sites (N-methyl/N-ethyl adjacent to an activating group) is 1. The molecule has 5 nitrogen and oxygen atoms in total. The van der Waals surface area contributed by atoms with Crippen LogP contribution in [-0.4, -0.2) is 38.5 Å². The van der Waals surface area contributed by atoms with E-state index in [1.807, 2.05) is 37.4 Å². The number of nitrogens with zero attached hydrogens (tertiary/aromatic N) is 1. The molecule has 0 saturated heterocycles. The molecule has 2 aromatic carbocycles. The molecule has 0 radical (unpaired) electrons. The largest absolute Gasteiger partial charge is 0.460 e. The van der Waals surface area contributed by atoms with Crippen LogP contribution in [0.2, 0.25) is 0 Å². The van der Waals surface area contributed by atoms with Gasteiger partial charge in [0.2, 0.25) is 10.0 Å². The van der Waals surface area contributed by atoms with Crippen LogP contribution in [0.15, 0.2) is 58.3 Å². The Morgan fingerprint density at radius 1 is 1.08 bits per heavy atom. The third-order valence-corrected chi connectivity index (χ3v) is 6.20. The SMILES string of the molecule is CSc1ccc(COC(=O)CN(C)S(=O)(=O)c2ccc(C)cc2)cc1. The maximum Gasteiger partial charge on any atom is 0.321 e. The number of thioether (sulfide) groups is 1. The molecule has 0 fully saturated rings. The minimum atomic E-state index is -3.71. The van der Waals surface area contributed by atoms with E-state index < -0.39 is 16.0 Å². The Morgan fingerprint density at radius 2 is 1.68 bits per heavy atom. The fraction of sp³-hybridized carbons (Fsp3) is 0.278. The Labute approximate surface area is 153 Å². The van der Waals surface area contributed by atoms with E-state index in [1.165, 1.54) is 19.2 Å². The molecule has 0 N–H and O–H groups in total. The van der Waals surface area contributed by atoms with Gasteiger partial charge < -0.3 is 4.74 Å². The van der Waals surface area contributed by atoms with Crippen molar-refractivity contribution in [2.75, 3.05) is 19.8 Å². The number of ether oxygens (including phenoxy) is 1. The summed E-state index contributed by atoms with van der Waals surface area (Å²) >= 11 is 1.63. The Morgan fingerprint density at radius 3 is 2.24 bits per heavy atom. The van der Waals surface area contributed by atoms with Crippen LogP contribution >= 0.6 is 11.8 Å². The molecule has 0 spiro atoms. The number of hydrogen-bond donors (Lipinski definition) is 0. The molecule has 0 aliphatic heterocycles. The van der Waals surface area contributed by atoms with Gasteiger partial charge in [0.05, 0.1) is 4.90 Å². The first-order valence-electron chi connectivity index (χ1n) is 7.64. The average Bonchev–Trinajstić information content (AvgIpc) is 2.60. The first-order chi connectivity index (χ1) is 11.8. The van der Waals surface area contributed by atoms with E-state index in [0.29, 0.717) is 0 Å². The van der Waals surface area contributed by atoms with Gasteiger partial charge in [-0.25, -0.2) is 8.42 Å². The lowest BCUT2D eigenvalue weighted by atomic mass is 10.2. The normalized spacial score (nSPS) is 11.5. The van der Waals surface area contributed by atoms with E-state index >= 15 is 0 Å². The standard InChI is InChI=1S/C18H21NO4S2/c1-14-4-10-17(11-5-14)25(21,22)19(2)12-18(20)23-13-15-6-8-16(24-3)9-7-15/h4-11H,12-13H2,1-3H3. The van der Waals surface area contributed by atoms with Gasteiger partial charge in [-0.1, -0.05) is 29.8 Å². The van der Waals surface area contributed by atoms with E-state index in [4.69, 9.17) is 4.74 Å². The molecule has 0 aliphatic carbocycles. The molecular formula is C18H21NO4S2. The van der Waals surface area contributed by atoms with Crippen molar-refractivity contribution < 1.29 is 17.9 Å². The van der Waals surface area contributed by atoms with Crippen molar-refractivity contribution in [2.45, 2.75) is 23.3 Å². The number of esters is 1. The second kappa shape index (κ2) is 8.51. The van der Waals surface area contributed by atoms with Crippen molar-refractivity contribution in [3.8, 4) is 0 Å². The molecule has 0 heterocycles. The molecule has 0 bridgehead atoms. The maximum absolute atomic E-state index is 12.4. The van der Waals surface area contributed by atoms with Crippen LogP contribution in [0.4, 0.5) is 0 Å².